The maximum atomic E-state index is 5.95. The van der Waals surface area contributed by atoms with Crippen LogP contribution in [-0.4, -0.2) is 48.7 Å². The molecule has 1 aromatic rings. The molecule has 1 aromatic carbocycles. The van der Waals surface area contributed by atoms with Crippen LogP contribution in [0.1, 0.15) is 50.2 Å². The lowest BCUT2D eigenvalue weighted by Crippen LogP contribution is -2.47. The topological polar surface area (TPSA) is 48.9 Å². The fourth-order valence-corrected chi connectivity index (χ4v) is 4.40. The van der Waals surface area contributed by atoms with E-state index in [0.717, 1.165) is 25.5 Å². The number of fused-ring (bicyclic) bond motifs is 2. The van der Waals surface area contributed by atoms with E-state index in [1.807, 2.05) is 0 Å². The summed E-state index contributed by atoms with van der Waals surface area (Å²) in [5.41, 5.74) is 2.67. The maximum absolute atomic E-state index is 5.95. The van der Waals surface area contributed by atoms with Crippen molar-refractivity contribution in [2.24, 2.45) is 4.99 Å². The van der Waals surface area contributed by atoms with Crippen molar-refractivity contribution in [1.29, 1.82) is 0 Å². The van der Waals surface area contributed by atoms with E-state index in [0.29, 0.717) is 24.8 Å². The summed E-state index contributed by atoms with van der Waals surface area (Å²) in [4.78, 5) is 7.33. The van der Waals surface area contributed by atoms with E-state index < -0.39 is 0 Å². The molecule has 3 aliphatic rings. The Balaban J connectivity index is 0.00000210. The molecule has 3 unspecified atom stereocenters. The van der Waals surface area contributed by atoms with Gasteiger partial charge in [-0.3, -0.25) is 4.90 Å². The van der Waals surface area contributed by atoms with Gasteiger partial charge in [-0.05, 0) is 63.2 Å². The smallest absolute Gasteiger partial charge is 0.191 e. The molecule has 3 fully saturated rings. The number of rotatable bonds is 6. The molecule has 2 N–H and O–H groups in total. The van der Waals surface area contributed by atoms with Gasteiger partial charge in [0.2, 0.25) is 0 Å². The van der Waals surface area contributed by atoms with Crippen LogP contribution >= 0.6 is 24.0 Å². The third kappa shape index (κ3) is 5.57. The predicted molar refractivity (Wildman–Crippen MR) is 121 cm³/mol. The van der Waals surface area contributed by atoms with Gasteiger partial charge in [-0.1, -0.05) is 24.3 Å². The Bertz CT molecular complexity index is 615. The minimum atomic E-state index is 0. The van der Waals surface area contributed by atoms with E-state index in [2.05, 4.69) is 46.7 Å². The summed E-state index contributed by atoms with van der Waals surface area (Å²) < 4.78 is 5.95. The Labute approximate surface area is 180 Å². The first-order chi connectivity index (χ1) is 12.8. The molecule has 0 radical (unpaired) electrons. The number of benzene rings is 1. The zero-order chi connectivity index (χ0) is 17.8. The van der Waals surface area contributed by atoms with Gasteiger partial charge in [0.15, 0.2) is 5.96 Å². The van der Waals surface area contributed by atoms with E-state index in [4.69, 9.17) is 9.73 Å². The highest BCUT2D eigenvalue weighted by molar-refractivity contribution is 14.0. The Hall–Kier alpha value is -0.860. The van der Waals surface area contributed by atoms with Crippen LogP contribution in [0.5, 0.6) is 0 Å². The van der Waals surface area contributed by atoms with Crippen LogP contribution in [0.4, 0.5) is 0 Å². The molecule has 5 nitrogen and oxygen atoms in total. The molecule has 0 saturated carbocycles. The van der Waals surface area contributed by atoms with E-state index >= 15 is 0 Å². The average molecular weight is 484 g/mol. The molecule has 27 heavy (non-hydrogen) atoms. The van der Waals surface area contributed by atoms with Gasteiger partial charge in [-0.25, -0.2) is 4.99 Å². The van der Waals surface area contributed by atoms with Crippen molar-refractivity contribution in [2.45, 2.75) is 70.4 Å². The van der Waals surface area contributed by atoms with E-state index in [1.54, 1.807) is 0 Å². The molecule has 0 amide bonds. The van der Waals surface area contributed by atoms with Crippen molar-refractivity contribution < 1.29 is 4.74 Å². The minimum absolute atomic E-state index is 0. The quantitative estimate of drug-likeness (QED) is 0.370. The van der Waals surface area contributed by atoms with Gasteiger partial charge >= 0.3 is 0 Å². The van der Waals surface area contributed by atoms with Gasteiger partial charge in [0.05, 0.1) is 24.8 Å². The molecule has 3 aliphatic heterocycles. The summed E-state index contributed by atoms with van der Waals surface area (Å²) in [5, 5.41) is 6.96. The van der Waals surface area contributed by atoms with E-state index in [-0.39, 0.29) is 24.0 Å². The number of nitrogens with zero attached hydrogens (tertiary/aromatic N) is 2. The van der Waals surface area contributed by atoms with Crippen molar-refractivity contribution in [3.63, 3.8) is 0 Å². The normalized spacial score (nSPS) is 27.6. The van der Waals surface area contributed by atoms with Gasteiger partial charge in [0.1, 0.15) is 0 Å². The molecule has 3 saturated heterocycles. The lowest BCUT2D eigenvalue weighted by atomic mass is 9.96. The van der Waals surface area contributed by atoms with Crippen molar-refractivity contribution in [3.05, 3.63) is 35.4 Å². The Morgan fingerprint density at radius 1 is 1.15 bits per heavy atom. The molecule has 6 heteroatoms. The molecule has 3 atom stereocenters. The third-order valence-electron chi connectivity index (χ3n) is 5.82. The highest BCUT2D eigenvalue weighted by Gasteiger charge is 2.41. The van der Waals surface area contributed by atoms with Crippen molar-refractivity contribution in [1.82, 2.24) is 15.5 Å². The molecule has 2 bridgehead atoms. The number of ether oxygens (including phenoxy) is 1. The van der Waals surface area contributed by atoms with Crippen LogP contribution in [-0.2, 0) is 17.8 Å². The van der Waals surface area contributed by atoms with Gasteiger partial charge < -0.3 is 15.4 Å². The molecule has 0 aromatic heterocycles. The molecule has 0 spiro atoms. The second-order valence-corrected chi connectivity index (χ2v) is 7.86. The number of guanidine groups is 1. The Kier molecular flexibility index (Phi) is 7.78. The highest BCUT2D eigenvalue weighted by Crippen LogP contribution is 2.34. The number of halogens is 1. The number of aliphatic imine (C=N–C) groups is 1. The molecule has 0 aliphatic carbocycles. The zero-order valence-corrected chi connectivity index (χ0v) is 18.7. The molecule has 3 heterocycles. The summed E-state index contributed by atoms with van der Waals surface area (Å²) in [6, 6.07) is 9.37. The van der Waals surface area contributed by atoms with Crippen LogP contribution in [0.3, 0.4) is 0 Å². The number of hydrogen-bond donors (Lipinski definition) is 2. The van der Waals surface area contributed by atoms with Crippen molar-refractivity contribution in [3.8, 4) is 0 Å². The highest BCUT2D eigenvalue weighted by atomic mass is 127. The van der Waals surface area contributed by atoms with E-state index in [1.165, 1.54) is 49.9 Å². The number of likely N-dealkylation sites (tertiary alicyclic amines) is 1. The fraction of sp³-hybridized carbons (Fsp3) is 0.667. The van der Waals surface area contributed by atoms with Crippen LogP contribution in [0.25, 0.3) is 0 Å². The van der Waals surface area contributed by atoms with Gasteiger partial charge in [-0.2, -0.15) is 0 Å². The standard InChI is InChI=1S/C21H32N4O.HI/c1-2-22-21(24-19-13-18-9-10-20(19)26-18)23-14-16-5-7-17(8-6-16)15-25-11-3-4-12-25;/h5-8,18-20H,2-4,9-15H2,1H3,(H2,22,23,24);1H. The van der Waals surface area contributed by atoms with Crippen LogP contribution in [0.2, 0.25) is 0 Å². The number of nitrogens with one attached hydrogen (secondary N) is 2. The second kappa shape index (κ2) is 10.1. The Morgan fingerprint density at radius 3 is 2.52 bits per heavy atom. The lowest BCUT2D eigenvalue weighted by Gasteiger charge is -2.22. The minimum Gasteiger partial charge on any atom is -0.373 e. The maximum Gasteiger partial charge on any atom is 0.191 e. The molecule has 150 valence electrons. The SMILES string of the molecule is CCNC(=NCc1ccc(CN2CCCC2)cc1)NC1CC2CCC1O2.I. The van der Waals surface area contributed by atoms with Crippen molar-refractivity contribution >= 4 is 29.9 Å². The first kappa shape index (κ1) is 20.9. The van der Waals surface area contributed by atoms with Crippen LogP contribution in [0.15, 0.2) is 29.3 Å². The molecular formula is C21H33IN4O. The monoisotopic (exact) mass is 484 g/mol. The average Bonchev–Trinajstić information content (AvgIpc) is 3.39. The summed E-state index contributed by atoms with van der Waals surface area (Å²) in [5.74, 6) is 0.912. The summed E-state index contributed by atoms with van der Waals surface area (Å²) in [7, 11) is 0. The van der Waals surface area contributed by atoms with Crippen molar-refractivity contribution in [2.75, 3.05) is 19.6 Å². The largest absolute Gasteiger partial charge is 0.373 e. The summed E-state index contributed by atoms with van der Waals surface area (Å²) in [6.07, 6.45) is 7.04. The Morgan fingerprint density at radius 2 is 1.89 bits per heavy atom. The van der Waals surface area contributed by atoms with Gasteiger partial charge in [-0.15, -0.1) is 24.0 Å². The van der Waals surface area contributed by atoms with Crippen LogP contribution in [0, 0.1) is 0 Å². The van der Waals surface area contributed by atoms with E-state index in [9.17, 15) is 0 Å². The first-order valence-corrected chi connectivity index (χ1v) is 10.3. The lowest BCUT2D eigenvalue weighted by molar-refractivity contribution is 0.0992. The second-order valence-electron chi connectivity index (χ2n) is 7.86. The molecular weight excluding hydrogens is 451 g/mol. The first-order valence-electron chi connectivity index (χ1n) is 10.3. The van der Waals surface area contributed by atoms with Gasteiger partial charge in [0.25, 0.3) is 0 Å². The summed E-state index contributed by atoms with van der Waals surface area (Å²) in [6.45, 7) is 7.27. The van der Waals surface area contributed by atoms with Gasteiger partial charge in [0, 0.05) is 13.1 Å². The predicted octanol–water partition coefficient (Wildman–Crippen LogP) is 3.28. The number of hydrogen-bond acceptors (Lipinski definition) is 3. The fourth-order valence-electron chi connectivity index (χ4n) is 4.40. The molecule has 4 rings (SSSR count). The zero-order valence-electron chi connectivity index (χ0n) is 16.3. The van der Waals surface area contributed by atoms with Crippen LogP contribution < -0.4 is 10.6 Å². The third-order valence-corrected chi connectivity index (χ3v) is 5.82. The summed E-state index contributed by atoms with van der Waals surface area (Å²) >= 11 is 0.